The molecule has 1 N–H and O–H groups in total. The first-order valence-electron chi connectivity index (χ1n) is 9.13. The van der Waals surface area contributed by atoms with E-state index in [4.69, 9.17) is 4.74 Å². The number of para-hydroxylation sites is 1. The molecular formula is C19H28F2N2O3. The molecular weight excluding hydrogens is 342 g/mol. The monoisotopic (exact) mass is 370 g/mol. The molecule has 0 atom stereocenters. The summed E-state index contributed by atoms with van der Waals surface area (Å²) in [7, 11) is 3.46. The van der Waals surface area contributed by atoms with E-state index < -0.39 is 12.5 Å². The molecule has 2 rings (SSSR count). The number of nitrogens with one attached hydrogen (secondary N) is 1. The zero-order chi connectivity index (χ0) is 18.9. The van der Waals surface area contributed by atoms with Crippen LogP contribution in [0.2, 0.25) is 0 Å². The molecule has 0 radical (unpaired) electrons. The number of hydrogen-bond donors (Lipinski definition) is 1. The fourth-order valence-corrected chi connectivity index (χ4v) is 3.40. The van der Waals surface area contributed by atoms with Gasteiger partial charge in [0.1, 0.15) is 0 Å². The van der Waals surface area contributed by atoms with E-state index in [2.05, 4.69) is 22.0 Å². The largest absolute Gasteiger partial charge is 0.493 e. The third-order valence-electron chi connectivity index (χ3n) is 4.82. The normalized spacial score (nSPS) is 15.3. The van der Waals surface area contributed by atoms with Crippen molar-refractivity contribution < 1.29 is 23.0 Å². The van der Waals surface area contributed by atoms with Crippen molar-refractivity contribution in [3.8, 4) is 11.5 Å². The number of hydrogen-bond acceptors (Lipinski definition) is 4. The first-order chi connectivity index (χ1) is 12.5. The number of alkyl halides is 2. The second-order valence-corrected chi connectivity index (χ2v) is 6.60. The third kappa shape index (κ3) is 5.83. The summed E-state index contributed by atoms with van der Waals surface area (Å²) >= 11 is 0. The predicted octanol–water partition coefficient (Wildman–Crippen LogP) is 3.68. The average molecular weight is 370 g/mol. The van der Waals surface area contributed by atoms with Gasteiger partial charge >= 0.3 is 6.61 Å². The van der Waals surface area contributed by atoms with Gasteiger partial charge in [-0.15, -0.1) is 0 Å². The molecule has 0 saturated heterocycles. The molecule has 1 aromatic rings. The Labute approximate surface area is 153 Å². The number of amides is 1. The van der Waals surface area contributed by atoms with Crippen LogP contribution in [0.3, 0.4) is 0 Å². The fourth-order valence-electron chi connectivity index (χ4n) is 3.40. The molecule has 1 aliphatic carbocycles. The van der Waals surface area contributed by atoms with Crippen LogP contribution in [0.15, 0.2) is 18.2 Å². The van der Waals surface area contributed by atoms with E-state index in [0.717, 1.165) is 13.0 Å². The van der Waals surface area contributed by atoms with E-state index in [1.807, 2.05) is 0 Å². The van der Waals surface area contributed by atoms with Gasteiger partial charge in [-0.1, -0.05) is 25.3 Å². The van der Waals surface area contributed by atoms with E-state index >= 15 is 0 Å². The number of rotatable bonds is 9. The molecule has 0 aromatic heterocycles. The molecule has 146 valence electrons. The molecule has 0 heterocycles. The number of carbonyl (C=O) groups is 1. The fraction of sp³-hybridized carbons (Fsp3) is 0.632. The van der Waals surface area contributed by atoms with Gasteiger partial charge in [-0.2, -0.15) is 8.78 Å². The summed E-state index contributed by atoms with van der Waals surface area (Å²) in [5, 5.41) is 2.78. The molecule has 5 nitrogen and oxygen atoms in total. The van der Waals surface area contributed by atoms with Crippen LogP contribution in [0.4, 0.5) is 8.78 Å². The summed E-state index contributed by atoms with van der Waals surface area (Å²) in [6.45, 7) is -1.66. The van der Waals surface area contributed by atoms with Crippen LogP contribution in [0.1, 0.15) is 48.9 Å². The van der Waals surface area contributed by atoms with Crippen LogP contribution in [0.5, 0.6) is 11.5 Å². The van der Waals surface area contributed by atoms with Gasteiger partial charge in [0.25, 0.3) is 5.91 Å². The second kappa shape index (κ2) is 10.3. The Morgan fingerprint density at radius 1 is 1.31 bits per heavy atom. The summed E-state index contributed by atoms with van der Waals surface area (Å²) < 4.78 is 34.8. The highest BCUT2D eigenvalue weighted by Gasteiger charge is 2.20. The minimum atomic E-state index is -3.03. The van der Waals surface area contributed by atoms with Gasteiger partial charge in [0, 0.05) is 12.6 Å². The van der Waals surface area contributed by atoms with Crippen molar-refractivity contribution in [2.75, 3.05) is 27.2 Å². The van der Waals surface area contributed by atoms with Gasteiger partial charge < -0.3 is 19.7 Å². The maximum atomic E-state index is 12.6. The van der Waals surface area contributed by atoms with Gasteiger partial charge in [0.2, 0.25) is 0 Å². The molecule has 26 heavy (non-hydrogen) atoms. The number of carbonyl (C=O) groups excluding carboxylic acids is 1. The molecule has 0 unspecified atom stereocenters. The van der Waals surface area contributed by atoms with Gasteiger partial charge in [0.15, 0.2) is 11.5 Å². The quantitative estimate of drug-likeness (QED) is 0.674. The molecule has 0 bridgehead atoms. The lowest BCUT2D eigenvalue weighted by molar-refractivity contribution is -0.0515. The van der Waals surface area contributed by atoms with Crippen molar-refractivity contribution in [1.82, 2.24) is 10.2 Å². The minimum Gasteiger partial charge on any atom is -0.493 e. The Kier molecular flexibility index (Phi) is 8.09. The standard InChI is InChI=1S/C19H28F2N2O3/c1-23(14-8-4-3-5-9-14)13-7-12-22-18(24)15-10-6-11-16(25-2)17(15)26-19(20)21/h6,10-11,14,19H,3-5,7-9,12-13H2,1-2H3,(H,22,24). The van der Waals surface area contributed by atoms with E-state index in [1.54, 1.807) is 6.07 Å². The van der Waals surface area contributed by atoms with Crippen LogP contribution in [0, 0.1) is 0 Å². The van der Waals surface area contributed by atoms with Crippen LogP contribution in [0.25, 0.3) is 0 Å². The Bertz CT molecular complexity index is 578. The number of halogens is 2. The summed E-state index contributed by atoms with van der Waals surface area (Å²) in [6, 6.07) is 5.13. The lowest BCUT2D eigenvalue weighted by Gasteiger charge is -2.31. The summed E-state index contributed by atoms with van der Waals surface area (Å²) in [5.41, 5.74) is 0.0466. The molecule has 0 spiro atoms. The lowest BCUT2D eigenvalue weighted by Crippen LogP contribution is -2.35. The third-order valence-corrected chi connectivity index (χ3v) is 4.82. The molecule has 1 saturated carbocycles. The Morgan fingerprint density at radius 3 is 2.69 bits per heavy atom. The molecule has 0 aliphatic heterocycles. The van der Waals surface area contributed by atoms with E-state index in [0.29, 0.717) is 12.6 Å². The van der Waals surface area contributed by atoms with Gasteiger partial charge in [-0.25, -0.2) is 0 Å². The zero-order valence-electron chi connectivity index (χ0n) is 15.5. The van der Waals surface area contributed by atoms with Crippen molar-refractivity contribution in [2.24, 2.45) is 0 Å². The zero-order valence-corrected chi connectivity index (χ0v) is 15.5. The van der Waals surface area contributed by atoms with Crippen molar-refractivity contribution in [3.63, 3.8) is 0 Å². The van der Waals surface area contributed by atoms with E-state index in [1.165, 1.54) is 51.3 Å². The van der Waals surface area contributed by atoms with Crippen LogP contribution < -0.4 is 14.8 Å². The lowest BCUT2D eigenvalue weighted by atomic mass is 9.94. The summed E-state index contributed by atoms with van der Waals surface area (Å²) in [5.74, 6) is -0.573. The molecule has 7 heteroatoms. The Balaban J connectivity index is 1.85. The summed E-state index contributed by atoms with van der Waals surface area (Å²) in [6.07, 6.45) is 7.17. The number of ether oxygens (including phenoxy) is 2. The van der Waals surface area contributed by atoms with Gasteiger partial charge in [-0.05, 0) is 45.0 Å². The maximum Gasteiger partial charge on any atom is 0.387 e. The predicted molar refractivity (Wildman–Crippen MR) is 96.1 cm³/mol. The topological polar surface area (TPSA) is 50.8 Å². The summed E-state index contributed by atoms with van der Waals surface area (Å²) in [4.78, 5) is 14.7. The number of nitrogens with zero attached hydrogens (tertiary/aromatic N) is 1. The van der Waals surface area contributed by atoms with Gasteiger partial charge in [-0.3, -0.25) is 4.79 Å². The van der Waals surface area contributed by atoms with Crippen molar-refractivity contribution in [2.45, 2.75) is 51.2 Å². The number of benzene rings is 1. The van der Waals surface area contributed by atoms with Crippen LogP contribution in [-0.4, -0.2) is 50.7 Å². The highest BCUT2D eigenvalue weighted by Crippen LogP contribution is 2.32. The minimum absolute atomic E-state index is 0.0466. The molecule has 1 amide bonds. The highest BCUT2D eigenvalue weighted by atomic mass is 19.3. The smallest absolute Gasteiger partial charge is 0.387 e. The maximum absolute atomic E-state index is 12.6. The van der Waals surface area contributed by atoms with Crippen molar-refractivity contribution in [3.05, 3.63) is 23.8 Å². The van der Waals surface area contributed by atoms with Crippen molar-refractivity contribution >= 4 is 5.91 Å². The molecule has 1 aromatic carbocycles. The van der Waals surface area contributed by atoms with Crippen LogP contribution in [-0.2, 0) is 0 Å². The van der Waals surface area contributed by atoms with E-state index in [9.17, 15) is 13.6 Å². The first-order valence-corrected chi connectivity index (χ1v) is 9.13. The Hall–Kier alpha value is -1.89. The highest BCUT2D eigenvalue weighted by molar-refractivity contribution is 5.97. The molecule has 1 aliphatic rings. The Morgan fingerprint density at radius 2 is 2.04 bits per heavy atom. The molecule has 1 fully saturated rings. The van der Waals surface area contributed by atoms with Crippen LogP contribution >= 0.6 is 0 Å². The number of methoxy groups -OCH3 is 1. The van der Waals surface area contributed by atoms with E-state index in [-0.39, 0.29) is 17.1 Å². The van der Waals surface area contributed by atoms with Crippen molar-refractivity contribution in [1.29, 1.82) is 0 Å². The average Bonchev–Trinajstić information content (AvgIpc) is 2.65. The second-order valence-electron chi connectivity index (χ2n) is 6.60. The SMILES string of the molecule is COc1cccc(C(=O)NCCCN(C)C2CCCCC2)c1OC(F)F. The first kappa shape index (κ1) is 20.4. The van der Waals surface area contributed by atoms with Gasteiger partial charge in [0.05, 0.1) is 12.7 Å².